The summed E-state index contributed by atoms with van der Waals surface area (Å²) in [6, 6.07) is 0. The highest BCUT2D eigenvalue weighted by Gasteiger charge is 2.28. The van der Waals surface area contributed by atoms with Gasteiger partial charge < -0.3 is 20.3 Å². The fourth-order valence-corrected chi connectivity index (χ4v) is 2.26. The third kappa shape index (κ3) is 6.69. The Morgan fingerprint density at radius 2 is 1.83 bits per heavy atom. The average Bonchev–Trinajstić information content (AvgIpc) is 2.26. The lowest BCUT2D eigenvalue weighted by Crippen LogP contribution is -2.45. The first-order valence-corrected chi connectivity index (χ1v) is 7.06. The zero-order chi connectivity index (χ0) is 13.6. The van der Waals surface area contributed by atoms with Crippen molar-refractivity contribution in [2.24, 2.45) is 0 Å². The Balaban J connectivity index is 2.13. The van der Waals surface area contributed by atoms with Crippen LogP contribution in [0, 0.1) is 0 Å². The van der Waals surface area contributed by atoms with E-state index in [-0.39, 0.29) is 5.60 Å². The maximum Gasteiger partial charge on any atom is 0.0897 e. The van der Waals surface area contributed by atoms with Crippen LogP contribution < -0.4 is 5.32 Å². The summed E-state index contributed by atoms with van der Waals surface area (Å²) in [7, 11) is 0. The summed E-state index contributed by atoms with van der Waals surface area (Å²) in [4.78, 5) is 0. The SMILES string of the molecule is CC(C)(C)OCC(O)CNCC1(O)CCCCC1. The average molecular weight is 259 g/mol. The quantitative estimate of drug-likeness (QED) is 0.675. The van der Waals surface area contributed by atoms with Crippen molar-refractivity contribution in [3.63, 3.8) is 0 Å². The Morgan fingerprint density at radius 1 is 1.22 bits per heavy atom. The lowest BCUT2D eigenvalue weighted by atomic mass is 9.85. The van der Waals surface area contributed by atoms with Crippen molar-refractivity contribution < 1.29 is 14.9 Å². The molecule has 4 heteroatoms. The highest BCUT2D eigenvalue weighted by Crippen LogP contribution is 2.27. The summed E-state index contributed by atoms with van der Waals surface area (Å²) in [6.07, 6.45) is 4.66. The number of hydrogen-bond donors (Lipinski definition) is 3. The van der Waals surface area contributed by atoms with E-state index in [4.69, 9.17) is 4.74 Å². The molecule has 0 radical (unpaired) electrons. The predicted octanol–water partition coefficient (Wildman–Crippen LogP) is 1.45. The third-order valence-electron chi connectivity index (χ3n) is 3.33. The smallest absolute Gasteiger partial charge is 0.0897 e. The minimum Gasteiger partial charge on any atom is -0.389 e. The van der Waals surface area contributed by atoms with E-state index < -0.39 is 11.7 Å². The van der Waals surface area contributed by atoms with E-state index in [9.17, 15) is 10.2 Å². The van der Waals surface area contributed by atoms with Crippen LogP contribution in [0.3, 0.4) is 0 Å². The predicted molar refractivity (Wildman–Crippen MR) is 72.6 cm³/mol. The number of aliphatic hydroxyl groups is 2. The van der Waals surface area contributed by atoms with Gasteiger partial charge in [0.2, 0.25) is 0 Å². The van der Waals surface area contributed by atoms with Crippen LogP contribution in [-0.2, 0) is 4.74 Å². The van der Waals surface area contributed by atoms with Gasteiger partial charge in [0.1, 0.15) is 0 Å². The molecule has 1 saturated carbocycles. The van der Waals surface area contributed by atoms with Gasteiger partial charge in [0.25, 0.3) is 0 Å². The summed E-state index contributed by atoms with van der Waals surface area (Å²) in [6.45, 7) is 7.28. The minimum absolute atomic E-state index is 0.220. The van der Waals surface area contributed by atoms with Crippen LogP contribution in [-0.4, -0.2) is 47.2 Å². The molecule has 0 heterocycles. The summed E-state index contributed by atoms with van der Waals surface area (Å²) in [5.74, 6) is 0. The molecule has 1 rings (SSSR count). The van der Waals surface area contributed by atoms with Crippen LogP contribution in [0.2, 0.25) is 0 Å². The summed E-state index contributed by atoms with van der Waals surface area (Å²) >= 11 is 0. The monoisotopic (exact) mass is 259 g/mol. The molecule has 1 atom stereocenters. The standard InChI is InChI=1S/C14H29NO3/c1-13(2,3)18-10-12(16)9-15-11-14(17)7-5-4-6-8-14/h12,15-17H,4-11H2,1-3H3. The molecule has 0 saturated heterocycles. The first-order chi connectivity index (χ1) is 8.31. The van der Waals surface area contributed by atoms with E-state index >= 15 is 0 Å². The fraction of sp³-hybridized carbons (Fsp3) is 1.00. The van der Waals surface area contributed by atoms with Gasteiger partial charge in [-0.2, -0.15) is 0 Å². The number of ether oxygens (including phenoxy) is 1. The van der Waals surface area contributed by atoms with Gasteiger partial charge in [-0.05, 0) is 33.6 Å². The fourth-order valence-electron chi connectivity index (χ4n) is 2.26. The van der Waals surface area contributed by atoms with Crippen molar-refractivity contribution in [1.29, 1.82) is 0 Å². The number of nitrogens with one attached hydrogen (secondary N) is 1. The maximum atomic E-state index is 10.3. The molecule has 0 aliphatic heterocycles. The zero-order valence-corrected chi connectivity index (χ0v) is 12.0. The highest BCUT2D eigenvalue weighted by molar-refractivity contribution is 4.84. The summed E-state index contributed by atoms with van der Waals surface area (Å²) in [5, 5.41) is 23.2. The zero-order valence-electron chi connectivity index (χ0n) is 12.0. The van der Waals surface area contributed by atoms with E-state index in [1.165, 1.54) is 6.42 Å². The second-order valence-corrected chi connectivity index (χ2v) is 6.49. The van der Waals surface area contributed by atoms with Crippen LogP contribution in [0.25, 0.3) is 0 Å². The van der Waals surface area contributed by atoms with Gasteiger partial charge in [-0.15, -0.1) is 0 Å². The first kappa shape index (κ1) is 15.9. The number of rotatable bonds is 6. The molecule has 1 aliphatic rings. The Hall–Kier alpha value is -0.160. The van der Waals surface area contributed by atoms with Crippen molar-refractivity contribution in [3.8, 4) is 0 Å². The molecule has 0 amide bonds. The molecule has 0 aromatic heterocycles. The summed E-state index contributed by atoms with van der Waals surface area (Å²) in [5.41, 5.74) is -0.786. The summed E-state index contributed by atoms with van der Waals surface area (Å²) < 4.78 is 5.51. The Labute approximate surface area is 111 Å². The second-order valence-electron chi connectivity index (χ2n) is 6.49. The number of hydrogen-bond acceptors (Lipinski definition) is 4. The van der Waals surface area contributed by atoms with E-state index in [1.54, 1.807) is 0 Å². The van der Waals surface area contributed by atoms with Gasteiger partial charge in [0.05, 0.1) is 23.9 Å². The third-order valence-corrected chi connectivity index (χ3v) is 3.33. The second kappa shape index (κ2) is 6.85. The largest absolute Gasteiger partial charge is 0.389 e. The van der Waals surface area contributed by atoms with Gasteiger partial charge in [-0.25, -0.2) is 0 Å². The lowest BCUT2D eigenvalue weighted by Gasteiger charge is -2.32. The van der Waals surface area contributed by atoms with Crippen molar-refractivity contribution in [2.45, 2.75) is 70.2 Å². The molecule has 0 aromatic rings. The van der Waals surface area contributed by atoms with Crippen LogP contribution in [0.1, 0.15) is 52.9 Å². The lowest BCUT2D eigenvalue weighted by molar-refractivity contribution is -0.0505. The maximum absolute atomic E-state index is 10.3. The van der Waals surface area contributed by atoms with E-state index in [0.29, 0.717) is 19.7 Å². The Morgan fingerprint density at radius 3 is 2.39 bits per heavy atom. The van der Waals surface area contributed by atoms with Gasteiger partial charge in [-0.3, -0.25) is 0 Å². The molecule has 108 valence electrons. The van der Waals surface area contributed by atoms with Crippen molar-refractivity contribution in [2.75, 3.05) is 19.7 Å². The molecule has 3 N–H and O–H groups in total. The molecule has 18 heavy (non-hydrogen) atoms. The molecule has 1 fully saturated rings. The topological polar surface area (TPSA) is 61.7 Å². The van der Waals surface area contributed by atoms with Crippen LogP contribution in [0.4, 0.5) is 0 Å². The van der Waals surface area contributed by atoms with Gasteiger partial charge in [0, 0.05) is 13.1 Å². The molecule has 0 aromatic carbocycles. The van der Waals surface area contributed by atoms with Gasteiger partial charge in [-0.1, -0.05) is 19.3 Å². The first-order valence-electron chi connectivity index (χ1n) is 7.06. The van der Waals surface area contributed by atoms with Gasteiger partial charge >= 0.3 is 0 Å². The highest BCUT2D eigenvalue weighted by atomic mass is 16.5. The molecular formula is C14H29NO3. The molecule has 1 unspecified atom stereocenters. The molecule has 0 spiro atoms. The molecular weight excluding hydrogens is 230 g/mol. The normalized spacial score (nSPS) is 21.8. The molecule has 4 nitrogen and oxygen atoms in total. The van der Waals surface area contributed by atoms with Gasteiger partial charge in [0.15, 0.2) is 0 Å². The van der Waals surface area contributed by atoms with Crippen LogP contribution in [0.15, 0.2) is 0 Å². The van der Waals surface area contributed by atoms with Crippen molar-refractivity contribution in [1.82, 2.24) is 5.32 Å². The number of aliphatic hydroxyl groups excluding tert-OH is 1. The van der Waals surface area contributed by atoms with E-state index in [1.807, 2.05) is 20.8 Å². The Bertz CT molecular complexity index is 232. The van der Waals surface area contributed by atoms with Crippen LogP contribution in [0.5, 0.6) is 0 Å². The molecule has 0 bridgehead atoms. The molecule has 1 aliphatic carbocycles. The Kier molecular flexibility index (Phi) is 6.05. The van der Waals surface area contributed by atoms with Crippen molar-refractivity contribution >= 4 is 0 Å². The van der Waals surface area contributed by atoms with Crippen molar-refractivity contribution in [3.05, 3.63) is 0 Å². The van der Waals surface area contributed by atoms with Crippen LogP contribution >= 0.6 is 0 Å². The minimum atomic E-state index is -0.567. The van der Waals surface area contributed by atoms with E-state index in [2.05, 4.69) is 5.32 Å². The van der Waals surface area contributed by atoms with E-state index in [0.717, 1.165) is 25.7 Å².